The first-order valence-electron chi connectivity index (χ1n) is 8.65. The second kappa shape index (κ2) is 9.13. The van der Waals surface area contributed by atoms with E-state index in [-0.39, 0.29) is 12.0 Å². The van der Waals surface area contributed by atoms with Gasteiger partial charge in [0.05, 0.1) is 12.7 Å². The number of halogens is 1. The van der Waals surface area contributed by atoms with Crippen molar-refractivity contribution in [2.24, 2.45) is 0 Å². The van der Waals surface area contributed by atoms with E-state index >= 15 is 0 Å². The quantitative estimate of drug-likeness (QED) is 0.749. The summed E-state index contributed by atoms with van der Waals surface area (Å²) in [4.78, 5) is 14.5. The molecule has 1 aliphatic heterocycles. The minimum absolute atomic E-state index is 0.0227. The van der Waals surface area contributed by atoms with Gasteiger partial charge in [-0.25, -0.2) is 0 Å². The van der Waals surface area contributed by atoms with Gasteiger partial charge in [-0.1, -0.05) is 52.3 Å². The van der Waals surface area contributed by atoms with E-state index in [0.717, 1.165) is 37.1 Å². The summed E-state index contributed by atoms with van der Waals surface area (Å²) in [7, 11) is 0. The summed E-state index contributed by atoms with van der Waals surface area (Å²) in [5, 5.41) is 2.99. The van der Waals surface area contributed by atoms with Crippen molar-refractivity contribution in [3.63, 3.8) is 0 Å². The molecule has 1 saturated heterocycles. The summed E-state index contributed by atoms with van der Waals surface area (Å²) < 4.78 is 6.81. The zero-order chi connectivity index (χ0) is 17.5. The van der Waals surface area contributed by atoms with Gasteiger partial charge in [-0.05, 0) is 30.2 Å². The van der Waals surface area contributed by atoms with Crippen LogP contribution in [0.3, 0.4) is 0 Å². The number of hydrogen-bond acceptors (Lipinski definition) is 3. The van der Waals surface area contributed by atoms with E-state index in [1.54, 1.807) is 0 Å². The van der Waals surface area contributed by atoms with Gasteiger partial charge in [0.1, 0.15) is 0 Å². The molecule has 1 unspecified atom stereocenters. The van der Waals surface area contributed by atoms with E-state index in [1.165, 1.54) is 5.56 Å². The summed E-state index contributed by atoms with van der Waals surface area (Å²) in [6, 6.07) is 17.8. The summed E-state index contributed by atoms with van der Waals surface area (Å²) in [6.07, 6.45) is 1.08. The number of hydrogen-bond donors (Lipinski definition) is 1. The Labute approximate surface area is 157 Å². The molecule has 1 amide bonds. The molecule has 0 aliphatic carbocycles. The van der Waals surface area contributed by atoms with Crippen LogP contribution in [0, 0.1) is 0 Å². The van der Waals surface area contributed by atoms with E-state index in [2.05, 4.69) is 50.4 Å². The van der Waals surface area contributed by atoms with Gasteiger partial charge in [0.25, 0.3) is 5.91 Å². The molecule has 25 heavy (non-hydrogen) atoms. The van der Waals surface area contributed by atoms with Crippen molar-refractivity contribution in [1.29, 1.82) is 0 Å². The fraction of sp³-hybridized carbons (Fsp3) is 0.350. The van der Waals surface area contributed by atoms with E-state index in [1.807, 2.05) is 30.3 Å². The van der Waals surface area contributed by atoms with Crippen LogP contribution in [0.2, 0.25) is 0 Å². The second-order valence-corrected chi connectivity index (χ2v) is 7.11. The number of nitrogens with one attached hydrogen (secondary N) is 1. The normalized spacial score (nSPS) is 18.0. The molecule has 0 aromatic heterocycles. The van der Waals surface area contributed by atoms with Crippen LogP contribution in [0.1, 0.15) is 28.4 Å². The predicted octanol–water partition coefficient (Wildman–Crippen LogP) is 3.64. The van der Waals surface area contributed by atoms with Crippen LogP contribution in [0.4, 0.5) is 0 Å². The van der Waals surface area contributed by atoms with Crippen LogP contribution in [0.25, 0.3) is 0 Å². The fourth-order valence-electron chi connectivity index (χ4n) is 3.01. The largest absolute Gasteiger partial charge is 0.371 e. The molecule has 1 heterocycles. The molecule has 0 spiro atoms. The standard InChI is InChI=1S/C20H23BrN2O2/c21-18-9-4-8-17(14-18)20(24)22-10-5-11-23-12-13-25-19(15-23)16-6-2-1-3-7-16/h1-4,6-9,14,19H,5,10-13,15H2,(H,22,24). The number of amides is 1. The molecule has 1 N–H and O–H groups in total. The van der Waals surface area contributed by atoms with Crippen molar-refractivity contribution < 1.29 is 9.53 Å². The second-order valence-electron chi connectivity index (χ2n) is 6.19. The number of morpholine rings is 1. The van der Waals surface area contributed by atoms with Gasteiger partial charge in [0, 0.05) is 36.2 Å². The van der Waals surface area contributed by atoms with Crippen LogP contribution in [0.15, 0.2) is 59.1 Å². The van der Waals surface area contributed by atoms with Crippen molar-refractivity contribution >= 4 is 21.8 Å². The third kappa shape index (κ3) is 5.39. The molecule has 1 atom stereocenters. The molecular formula is C20H23BrN2O2. The highest BCUT2D eigenvalue weighted by molar-refractivity contribution is 9.10. The van der Waals surface area contributed by atoms with Gasteiger partial charge < -0.3 is 10.1 Å². The minimum Gasteiger partial charge on any atom is -0.371 e. The Bertz CT molecular complexity index is 693. The monoisotopic (exact) mass is 402 g/mol. The maximum atomic E-state index is 12.1. The number of ether oxygens (including phenoxy) is 1. The van der Waals surface area contributed by atoms with Gasteiger partial charge in [-0.3, -0.25) is 9.69 Å². The first-order valence-corrected chi connectivity index (χ1v) is 9.44. The number of carbonyl (C=O) groups excluding carboxylic acids is 1. The highest BCUT2D eigenvalue weighted by atomic mass is 79.9. The van der Waals surface area contributed by atoms with Crippen LogP contribution in [-0.4, -0.2) is 43.6 Å². The van der Waals surface area contributed by atoms with Crippen molar-refractivity contribution in [1.82, 2.24) is 10.2 Å². The van der Waals surface area contributed by atoms with Crippen LogP contribution >= 0.6 is 15.9 Å². The lowest BCUT2D eigenvalue weighted by Gasteiger charge is -2.33. The van der Waals surface area contributed by atoms with Gasteiger partial charge in [-0.15, -0.1) is 0 Å². The van der Waals surface area contributed by atoms with Crippen LogP contribution in [-0.2, 0) is 4.74 Å². The third-order valence-corrected chi connectivity index (χ3v) is 4.84. The van der Waals surface area contributed by atoms with Gasteiger partial charge in [0.15, 0.2) is 0 Å². The van der Waals surface area contributed by atoms with Gasteiger partial charge in [0.2, 0.25) is 0 Å². The molecule has 132 valence electrons. The van der Waals surface area contributed by atoms with E-state index in [9.17, 15) is 4.79 Å². The van der Waals surface area contributed by atoms with Gasteiger partial charge >= 0.3 is 0 Å². The minimum atomic E-state index is -0.0227. The lowest BCUT2D eigenvalue weighted by atomic mass is 10.1. The first-order chi connectivity index (χ1) is 12.2. The molecular weight excluding hydrogens is 380 g/mol. The lowest BCUT2D eigenvalue weighted by Crippen LogP contribution is -2.39. The Morgan fingerprint density at radius 1 is 1.20 bits per heavy atom. The molecule has 2 aromatic carbocycles. The zero-order valence-corrected chi connectivity index (χ0v) is 15.7. The van der Waals surface area contributed by atoms with E-state index in [4.69, 9.17) is 4.74 Å². The fourth-order valence-corrected chi connectivity index (χ4v) is 3.41. The molecule has 0 radical (unpaired) electrons. The summed E-state index contributed by atoms with van der Waals surface area (Å²) >= 11 is 3.39. The topological polar surface area (TPSA) is 41.6 Å². The Hall–Kier alpha value is -1.69. The van der Waals surface area contributed by atoms with Crippen LogP contribution < -0.4 is 5.32 Å². The van der Waals surface area contributed by atoms with Crippen molar-refractivity contribution in [3.8, 4) is 0 Å². The number of nitrogens with zero attached hydrogens (tertiary/aromatic N) is 1. The SMILES string of the molecule is O=C(NCCCN1CCOC(c2ccccc2)C1)c1cccc(Br)c1. The Morgan fingerprint density at radius 2 is 2.04 bits per heavy atom. The molecule has 5 heteroatoms. The van der Waals surface area contributed by atoms with Crippen molar-refractivity contribution in [3.05, 3.63) is 70.2 Å². The molecule has 3 rings (SSSR count). The molecule has 2 aromatic rings. The highest BCUT2D eigenvalue weighted by Gasteiger charge is 2.21. The first kappa shape index (κ1) is 18.1. The predicted molar refractivity (Wildman–Crippen MR) is 103 cm³/mol. The highest BCUT2D eigenvalue weighted by Crippen LogP contribution is 2.21. The zero-order valence-electron chi connectivity index (χ0n) is 14.2. The average Bonchev–Trinajstić information content (AvgIpc) is 2.66. The Balaban J connectivity index is 1.41. The number of rotatable bonds is 6. The molecule has 1 aliphatic rings. The number of carbonyl (C=O) groups is 1. The molecule has 1 fully saturated rings. The molecule has 4 nitrogen and oxygen atoms in total. The van der Waals surface area contributed by atoms with Crippen molar-refractivity contribution in [2.75, 3.05) is 32.8 Å². The summed E-state index contributed by atoms with van der Waals surface area (Å²) in [6.45, 7) is 4.25. The third-order valence-electron chi connectivity index (χ3n) is 4.35. The molecule has 0 bridgehead atoms. The van der Waals surface area contributed by atoms with E-state index in [0.29, 0.717) is 12.1 Å². The average molecular weight is 403 g/mol. The van der Waals surface area contributed by atoms with E-state index < -0.39 is 0 Å². The van der Waals surface area contributed by atoms with Crippen LogP contribution in [0.5, 0.6) is 0 Å². The van der Waals surface area contributed by atoms with Crippen molar-refractivity contribution in [2.45, 2.75) is 12.5 Å². The Morgan fingerprint density at radius 3 is 2.84 bits per heavy atom. The maximum Gasteiger partial charge on any atom is 0.251 e. The smallest absolute Gasteiger partial charge is 0.251 e. The number of benzene rings is 2. The summed E-state index contributed by atoms with van der Waals surface area (Å²) in [5.41, 5.74) is 1.92. The maximum absolute atomic E-state index is 12.1. The Kier molecular flexibility index (Phi) is 6.62. The lowest BCUT2D eigenvalue weighted by molar-refractivity contribution is -0.0301. The van der Waals surface area contributed by atoms with Gasteiger partial charge in [-0.2, -0.15) is 0 Å². The summed E-state index contributed by atoms with van der Waals surface area (Å²) in [5.74, 6) is -0.0227. The molecule has 0 saturated carbocycles.